The third-order valence-electron chi connectivity index (χ3n) is 6.09. The van der Waals surface area contributed by atoms with Crippen LogP contribution in [0.3, 0.4) is 0 Å². The van der Waals surface area contributed by atoms with Gasteiger partial charge in [-0.05, 0) is 56.0 Å². The van der Waals surface area contributed by atoms with Gasteiger partial charge in [-0.1, -0.05) is 12.8 Å². The van der Waals surface area contributed by atoms with Gasteiger partial charge >= 0.3 is 6.09 Å². The van der Waals surface area contributed by atoms with Crippen LogP contribution in [0.4, 0.5) is 16.4 Å². The van der Waals surface area contributed by atoms with E-state index in [-0.39, 0.29) is 17.9 Å². The SMILES string of the molecule is CC(C)(C)OC(=O)N(CC1CCOC1)c1cc(N[C@H]2CCCC[C@H]2C=O)nc2c(Br)cnn12. The molecule has 2 aromatic heterocycles. The Hall–Kier alpha value is -2.20. The fourth-order valence-electron chi connectivity index (χ4n) is 4.44. The van der Waals surface area contributed by atoms with Crippen molar-refractivity contribution in [1.82, 2.24) is 14.6 Å². The third kappa shape index (κ3) is 5.66. The van der Waals surface area contributed by atoms with Crippen molar-refractivity contribution in [2.24, 2.45) is 11.8 Å². The summed E-state index contributed by atoms with van der Waals surface area (Å²) >= 11 is 3.52. The lowest BCUT2D eigenvalue weighted by molar-refractivity contribution is -0.112. The van der Waals surface area contributed by atoms with E-state index in [1.165, 1.54) is 0 Å². The molecule has 2 aliphatic rings. The Kier molecular flexibility index (Phi) is 7.23. The Bertz CT molecular complexity index is 999. The fraction of sp³-hybridized carbons (Fsp3) is 0.652. The number of hydrogen-bond acceptors (Lipinski definition) is 7. The van der Waals surface area contributed by atoms with Gasteiger partial charge < -0.3 is 19.6 Å². The van der Waals surface area contributed by atoms with Crippen LogP contribution in [0, 0.1) is 11.8 Å². The first-order valence-corrected chi connectivity index (χ1v) is 12.4. The number of nitrogens with one attached hydrogen (secondary N) is 1. The molecular weight excluding hydrogens is 490 g/mol. The summed E-state index contributed by atoms with van der Waals surface area (Å²) in [4.78, 5) is 31.3. The summed E-state index contributed by atoms with van der Waals surface area (Å²) in [7, 11) is 0. The van der Waals surface area contributed by atoms with E-state index in [9.17, 15) is 9.59 Å². The summed E-state index contributed by atoms with van der Waals surface area (Å²) in [6.45, 7) is 7.29. The summed E-state index contributed by atoms with van der Waals surface area (Å²) < 4.78 is 13.7. The molecule has 1 N–H and O–H groups in total. The molecule has 1 unspecified atom stereocenters. The molecule has 1 saturated carbocycles. The molecule has 1 amide bonds. The van der Waals surface area contributed by atoms with Crippen molar-refractivity contribution in [2.45, 2.75) is 64.5 Å². The summed E-state index contributed by atoms with van der Waals surface area (Å²) in [5.74, 6) is 1.32. The van der Waals surface area contributed by atoms with Crippen LogP contribution in [0.15, 0.2) is 16.7 Å². The number of fused-ring (bicyclic) bond motifs is 1. The minimum absolute atomic E-state index is 0.0129. The van der Waals surface area contributed by atoms with Crippen molar-refractivity contribution in [1.29, 1.82) is 0 Å². The van der Waals surface area contributed by atoms with E-state index in [1.54, 1.807) is 15.6 Å². The van der Waals surface area contributed by atoms with E-state index in [0.717, 1.165) is 42.9 Å². The van der Waals surface area contributed by atoms with Crippen molar-refractivity contribution in [3.05, 3.63) is 16.7 Å². The lowest BCUT2D eigenvalue weighted by Crippen LogP contribution is -2.41. The molecule has 180 valence electrons. The highest BCUT2D eigenvalue weighted by Crippen LogP contribution is 2.31. The molecule has 2 aromatic rings. The number of amides is 1. The highest BCUT2D eigenvalue weighted by atomic mass is 79.9. The van der Waals surface area contributed by atoms with Crippen LogP contribution in [0.2, 0.25) is 0 Å². The first kappa shape index (κ1) is 23.9. The van der Waals surface area contributed by atoms with E-state index >= 15 is 0 Å². The van der Waals surface area contributed by atoms with Crippen LogP contribution in [0.1, 0.15) is 52.9 Å². The van der Waals surface area contributed by atoms with Gasteiger partial charge in [0.05, 0.1) is 17.3 Å². The number of carbonyl (C=O) groups is 2. The maximum atomic E-state index is 13.3. The molecule has 9 nitrogen and oxygen atoms in total. The lowest BCUT2D eigenvalue weighted by atomic mass is 9.85. The predicted molar refractivity (Wildman–Crippen MR) is 129 cm³/mol. The quantitative estimate of drug-likeness (QED) is 0.561. The Balaban J connectivity index is 1.73. The van der Waals surface area contributed by atoms with Crippen molar-refractivity contribution >= 4 is 45.6 Å². The maximum Gasteiger partial charge on any atom is 0.416 e. The van der Waals surface area contributed by atoms with Gasteiger partial charge in [-0.25, -0.2) is 9.78 Å². The molecular formula is C23H32BrN5O4. The molecule has 0 radical (unpaired) electrons. The van der Waals surface area contributed by atoms with Crippen molar-refractivity contribution in [2.75, 3.05) is 30.0 Å². The van der Waals surface area contributed by atoms with Crippen molar-refractivity contribution < 1.29 is 19.1 Å². The summed E-state index contributed by atoms with van der Waals surface area (Å²) in [5, 5.41) is 7.91. The molecule has 4 rings (SSSR count). The van der Waals surface area contributed by atoms with E-state index in [4.69, 9.17) is 14.5 Å². The summed E-state index contributed by atoms with van der Waals surface area (Å²) in [5.41, 5.74) is -0.0525. The fourth-order valence-corrected chi connectivity index (χ4v) is 4.79. The van der Waals surface area contributed by atoms with Crippen LogP contribution in [0.5, 0.6) is 0 Å². The lowest BCUT2D eigenvalue weighted by Gasteiger charge is -2.31. The van der Waals surface area contributed by atoms with Gasteiger partial charge in [0, 0.05) is 37.1 Å². The van der Waals surface area contributed by atoms with E-state index < -0.39 is 11.7 Å². The molecule has 0 spiro atoms. The number of aldehydes is 1. The number of halogens is 1. The Morgan fingerprint density at radius 2 is 2.15 bits per heavy atom. The number of carbonyl (C=O) groups excluding carboxylic acids is 2. The van der Waals surface area contributed by atoms with Gasteiger partial charge in [-0.15, -0.1) is 0 Å². The number of hydrogen-bond donors (Lipinski definition) is 1. The van der Waals surface area contributed by atoms with Crippen LogP contribution in [0.25, 0.3) is 5.65 Å². The smallest absolute Gasteiger partial charge is 0.416 e. The zero-order valence-electron chi connectivity index (χ0n) is 19.4. The molecule has 1 aliphatic carbocycles. The van der Waals surface area contributed by atoms with E-state index in [0.29, 0.717) is 37.0 Å². The molecule has 1 saturated heterocycles. The zero-order chi connectivity index (χ0) is 23.6. The third-order valence-corrected chi connectivity index (χ3v) is 6.65. The van der Waals surface area contributed by atoms with E-state index in [2.05, 4.69) is 26.3 Å². The minimum Gasteiger partial charge on any atom is -0.443 e. The zero-order valence-corrected chi connectivity index (χ0v) is 21.0. The molecule has 3 atom stereocenters. The molecule has 3 heterocycles. The second-order valence-electron chi connectivity index (χ2n) is 9.88. The summed E-state index contributed by atoms with van der Waals surface area (Å²) in [6, 6.07) is 1.83. The molecule has 2 fully saturated rings. The molecule has 1 aliphatic heterocycles. The Morgan fingerprint density at radius 1 is 1.36 bits per heavy atom. The highest BCUT2D eigenvalue weighted by molar-refractivity contribution is 9.10. The van der Waals surface area contributed by atoms with Crippen LogP contribution in [-0.4, -0.2) is 58.4 Å². The molecule has 10 heteroatoms. The monoisotopic (exact) mass is 521 g/mol. The Morgan fingerprint density at radius 3 is 2.85 bits per heavy atom. The molecule has 33 heavy (non-hydrogen) atoms. The van der Waals surface area contributed by atoms with Gasteiger partial charge in [-0.2, -0.15) is 9.61 Å². The van der Waals surface area contributed by atoms with Gasteiger partial charge in [0.2, 0.25) is 0 Å². The number of anilines is 2. The topological polar surface area (TPSA) is 98.1 Å². The van der Waals surface area contributed by atoms with Crippen molar-refractivity contribution in [3.63, 3.8) is 0 Å². The first-order valence-electron chi connectivity index (χ1n) is 11.6. The number of rotatable bonds is 6. The number of ether oxygens (including phenoxy) is 2. The minimum atomic E-state index is -0.640. The highest BCUT2D eigenvalue weighted by Gasteiger charge is 2.31. The van der Waals surface area contributed by atoms with Crippen LogP contribution < -0.4 is 10.2 Å². The van der Waals surface area contributed by atoms with E-state index in [1.807, 2.05) is 26.8 Å². The predicted octanol–water partition coefficient (Wildman–Crippen LogP) is 4.44. The summed E-state index contributed by atoms with van der Waals surface area (Å²) in [6.07, 6.45) is 7.05. The maximum absolute atomic E-state index is 13.3. The van der Waals surface area contributed by atoms with Crippen molar-refractivity contribution in [3.8, 4) is 0 Å². The molecule has 0 aromatic carbocycles. The van der Waals surface area contributed by atoms with Crippen LogP contribution in [-0.2, 0) is 14.3 Å². The van der Waals surface area contributed by atoms with Gasteiger partial charge in [0.15, 0.2) is 5.65 Å². The number of aromatic nitrogens is 3. The average molecular weight is 522 g/mol. The van der Waals surface area contributed by atoms with Gasteiger partial charge in [0.1, 0.15) is 23.5 Å². The Labute approximate surface area is 202 Å². The second-order valence-corrected chi connectivity index (χ2v) is 10.7. The van der Waals surface area contributed by atoms with Gasteiger partial charge in [-0.3, -0.25) is 4.90 Å². The van der Waals surface area contributed by atoms with Gasteiger partial charge in [0.25, 0.3) is 0 Å². The second kappa shape index (κ2) is 9.97. The van der Waals surface area contributed by atoms with Crippen LogP contribution >= 0.6 is 15.9 Å². The average Bonchev–Trinajstić information content (AvgIpc) is 3.41. The molecule has 0 bridgehead atoms. The standard InChI is InChI=1S/C23H32BrN5O4/c1-23(2,3)33-22(31)28(12-15-8-9-32-14-15)20-10-19(27-21-17(24)11-25-29(20)21)26-18-7-5-4-6-16(18)13-30/h10-11,13,15-16,18H,4-9,12,14H2,1-3H3,(H,26,27)/t15?,16-,18-/m0/s1. The largest absolute Gasteiger partial charge is 0.443 e. The number of nitrogens with zero attached hydrogens (tertiary/aromatic N) is 4. The normalized spacial score (nSPS) is 23.5. The first-order chi connectivity index (χ1) is 15.7.